The van der Waals surface area contributed by atoms with Gasteiger partial charge in [0.15, 0.2) is 0 Å². The number of nitrogens with one attached hydrogen (secondary N) is 3. The van der Waals surface area contributed by atoms with Gasteiger partial charge in [-0.05, 0) is 55.1 Å². The van der Waals surface area contributed by atoms with Gasteiger partial charge >= 0.3 is 0 Å². The minimum Gasteiger partial charge on any atom is -0.325 e. The summed E-state index contributed by atoms with van der Waals surface area (Å²) in [5.74, 6) is -0.130. The molecule has 1 aliphatic rings. The van der Waals surface area contributed by atoms with Crippen LogP contribution in [0.25, 0.3) is 0 Å². The molecule has 3 N–H and O–H groups in total. The van der Waals surface area contributed by atoms with Crippen molar-refractivity contribution in [1.82, 2.24) is 5.32 Å². The Morgan fingerprint density at radius 2 is 1.82 bits per heavy atom. The lowest BCUT2D eigenvalue weighted by atomic mass is 10.2. The lowest BCUT2D eigenvalue weighted by Gasteiger charge is -2.11. The molecule has 0 spiro atoms. The second kappa shape index (κ2) is 6.72. The molecule has 1 unspecified atom stereocenters. The summed E-state index contributed by atoms with van der Waals surface area (Å²) in [6, 6.07) is 10.7. The number of carbonyl (C=O) groups is 2. The standard InChI is InChI=1S/C16H17N3O2S/c20-15(13-3-1-9-17-13)18-11-5-7-12(8-6-11)19-16(21)14-4-2-10-22-14/h2,4-8,10,13,17H,1,3,9H2,(H,18,20)(H,19,21). The summed E-state index contributed by atoms with van der Waals surface area (Å²) in [6.07, 6.45) is 1.91. The Morgan fingerprint density at radius 1 is 1.09 bits per heavy atom. The van der Waals surface area contributed by atoms with Gasteiger partial charge in [0.2, 0.25) is 5.91 Å². The average Bonchev–Trinajstić information content (AvgIpc) is 3.23. The zero-order valence-corrected chi connectivity index (χ0v) is 12.8. The van der Waals surface area contributed by atoms with Crippen molar-refractivity contribution in [3.05, 3.63) is 46.7 Å². The summed E-state index contributed by atoms with van der Waals surface area (Å²) < 4.78 is 0. The maximum atomic E-state index is 12.0. The van der Waals surface area contributed by atoms with Gasteiger partial charge in [-0.15, -0.1) is 11.3 Å². The zero-order chi connectivity index (χ0) is 15.4. The van der Waals surface area contributed by atoms with E-state index in [0.717, 1.165) is 25.1 Å². The quantitative estimate of drug-likeness (QED) is 0.812. The van der Waals surface area contributed by atoms with E-state index in [2.05, 4.69) is 16.0 Å². The number of rotatable bonds is 4. The summed E-state index contributed by atoms with van der Waals surface area (Å²) in [7, 11) is 0. The molecule has 2 heterocycles. The van der Waals surface area contributed by atoms with Crippen LogP contribution in [0, 0.1) is 0 Å². The molecular formula is C16H17N3O2S. The highest BCUT2D eigenvalue weighted by Gasteiger charge is 2.21. The summed E-state index contributed by atoms with van der Waals surface area (Å²) in [6.45, 7) is 0.895. The van der Waals surface area contributed by atoms with Gasteiger partial charge in [-0.1, -0.05) is 6.07 Å². The first-order valence-electron chi connectivity index (χ1n) is 7.21. The van der Waals surface area contributed by atoms with Crippen LogP contribution >= 0.6 is 11.3 Å². The number of hydrogen-bond donors (Lipinski definition) is 3. The van der Waals surface area contributed by atoms with Crippen molar-refractivity contribution >= 4 is 34.5 Å². The average molecular weight is 315 g/mol. The van der Waals surface area contributed by atoms with Gasteiger partial charge in [-0.25, -0.2) is 0 Å². The van der Waals surface area contributed by atoms with E-state index in [0.29, 0.717) is 10.6 Å². The van der Waals surface area contributed by atoms with Crippen LogP contribution in [-0.4, -0.2) is 24.4 Å². The minimum atomic E-state index is -0.123. The highest BCUT2D eigenvalue weighted by molar-refractivity contribution is 7.12. The molecule has 5 nitrogen and oxygen atoms in total. The zero-order valence-electron chi connectivity index (χ0n) is 12.0. The largest absolute Gasteiger partial charge is 0.325 e. The molecule has 0 radical (unpaired) electrons. The van der Waals surface area contributed by atoms with E-state index in [-0.39, 0.29) is 17.9 Å². The van der Waals surface area contributed by atoms with Crippen molar-refractivity contribution in [3.63, 3.8) is 0 Å². The molecule has 22 heavy (non-hydrogen) atoms. The fourth-order valence-corrected chi connectivity index (χ4v) is 2.99. The fourth-order valence-electron chi connectivity index (χ4n) is 2.38. The van der Waals surface area contributed by atoms with E-state index < -0.39 is 0 Å². The molecule has 1 aromatic heterocycles. The molecule has 2 amide bonds. The Morgan fingerprint density at radius 3 is 2.41 bits per heavy atom. The Bertz CT molecular complexity index is 647. The summed E-state index contributed by atoms with van der Waals surface area (Å²) in [4.78, 5) is 24.6. The molecule has 1 saturated heterocycles. The van der Waals surface area contributed by atoms with Gasteiger partial charge in [-0.3, -0.25) is 9.59 Å². The number of anilines is 2. The van der Waals surface area contributed by atoms with Gasteiger partial charge in [0, 0.05) is 11.4 Å². The molecule has 1 aromatic carbocycles. The van der Waals surface area contributed by atoms with E-state index in [9.17, 15) is 9.59 Å². The topological polar surface area (TPSA) is 70.2 Å². The first-order chi connectivity index (χ1) is 10.7. The van der Waals surface area contributed by atoms with E-state index in [4.69, 9.17) is 0 Å². The SMILES string of the molecule is O=C(Nc1ccc(NC(=O)C2CCCN2)cc1)c1cccs1. The molecule has 3 rings (SSSR count). The van der Waals surface area contributed by atoms with Crippen molar-refractivity contribution in [2.24, 2.45) is 0 Å². The molecule has 114 valence electrons. The second-order valence-corrected chi connectivity index (χ2v) is 6.09. The monoisotopic (exact) mass is 315 g/mol. The summed E-state index contributed by atoms with van der Waals surface area (Å²) in [5.41, 5.74) is 1.43. The van der Waals surface area contributed by atoms with Crippen molar-refractivity contribution in [3.8, 4) is 0 Å². The highest BCUT2D eigenvalue weighted by Crippen LogP contribution is 2.17. The van der Waals surface area contributed by atoms with Gasteiger partial charge < -0.3 is 16.0 Å². The lowest BCUT2D eigenvalue weighted by molar-refractivity contribution is -0.117. The van der Waals surface area contributed by atoms with Crippen LogP contribution in [0.15, 0.2) is 41.8 Å². The molecule has 1 aliphatic heterocycles. The van der Waals surface area contributed by atoms with Crippen molar-refractivity contribution in [1.29, 1.82) is 0 Å². The number of carbonyl (C=O) groups excluding carboxylic acids is 2. The summed E-state index contributed by atoms with van der Waals surface area (Å²) in [5, 5.41) is 10.7. The van der Waals surface area contributed by atoms with Gasteiger partial charge in [-0.2, -0.15) is 0 Å². The highest BCUT2D eigenvalue weighted by atomic mass is 32.1. The van der Waals surface area contributed by atoms with E-state index >= 15 is 0 Å². The van der Waals surface area contributed by atoms with E-state index in [1.807, 2.05) is 11.4 Å². The maximum absolute atomic E-state index is 12.0. The molecule has 6 heteroatoms. The Balaban J connectivity index is 1.58. The van der Waals surface area contributed by atoms with Crippen LogP contribution in [0.4, 0.5) is 11.4 Å². The maximum Gasteiger partial charge on any atom is 0.265 e. The number of thiophene rings is 1. The normalized spacial score (nSPS) is 17.2. The first-order valence-corrected chi connectivity index (χ1v) is 8.09. The molecule has 2 aromatic rings. The van der Waals surface area contributed by atoms with Crippen LogP contribution in [0.3, 0.4) is 0 Å². The predicted molar refractivity (Wildman–Crippen MR) is 88.4 cm³/mol. The van der Waals surface area contributed by atoms with Crippen molar-refractivity contribution < 1.29 is 9.59 Å². The minimum absolute atomic E-state index is 0.00660. The van der Waals surface area contributed by atoms with Crippen molar-refractivity contribution in [2.75, 3.05) is 17.2 Å². The lowest BCUT2D eigenvalue weighted by Crippen LogP contribution is -2.35. The molecule has 1 fully saturated rings. The van der Waals surface area contributed by atoms with Gasteiger partial charge in [0.05, 0.1) is 10.9 Å². The Kier molecular flexibility index (Phi) is 4.50. The van der Waals surface area contributed by atoms with Crippen LogP contribution in [-0.2, 0) is 4.79 Å². The van der Waals surface area contributed by atoms with E-state index in [1.165, 1.54) is 11.3 Å². The van der Waals surface area contributed by atoms with E-state index in [1.54, 1.807) is 30.3 Å². The fraction of sp³-hybridized carbons (Fsp3) is 0.250. The van der Waals surface area contributed by atoms with Crippen LogP contribution < -0.4 is 16.0 Å². The third-order valence-electron chi connectivity index (χ3n) is 3.53. The smallest absolute Gasteiger partial charge is 0.265 e. The van der Waals surface area contributed by atoms with Crippen LogP contribution in [0.2, 0.25) is 0 Å². The molecular weight excluding hydrogens is 298 g/mol. The summed E-state index contributed by atoms with van der Waals surface area (Å²) >= 11 is 1.40. The van der Waals surface area contributed by atoms with Crippen LogP contribution in [0.5, 0.6) is 0 Å². The van der Waals surface area contributed by atoms with Gasteiger partial charge in [0.1, 0.15) is 0 Å². The third-order valence-corrected chi connectivity index (χ3v) is 4.40. The number of hydrogen-bond acceptors (Lipinski definition) is 4. The second-order valence-electron chi connectivity index (χ2n) is 5.15. The van der Waals surface area contributed by atoms with Crippen LogP contribution in [0.1, 0.15) is 22.5 Å². The third kappa shape index (κ3) is 3.52. The Labute approximate surface area is 132 Å². The first kappa shape index (κ1) is 14.7. The molecule has 0 bridgehead atoms. The predicted octanol–water partition coefficient (Wildman–Crippen LogP) is 2.69. The molecule has 1 atom stereocenters. The number of amides is 2. The van der Waals surface area contributed by atoms with Gasteiger partial charge in [0.25, 0.3) is 5.91 Å². The van der Waals surface area contributed by atoms with Crippen molar-refractivity contribution in [2.45, 2.75) is 18.9 Å². The molecule has 0 saturated carbocycles. The molecule has 0 aliphatic carbocycles. The Hall–Kier alpha value is -2.18. The number of benzene rings is 1.